The third-order valence-electron chi connectivity index (χ3n) is 3.50. The Morgan fingerprint density at radius 3 is 2.35 bits per heavy atom. The molecule has 100 valence electrons. The molecule has 0 unspecified atom stereocenters. The van der Waals surface area contributed by atoms with E-state index in [2.05, 4.69) is 94.6 Å². The molecular weight excluding hydrogens is 310 g/mol. The summed E-state index contributed by atoms with van der Waals surface area (Å²) in [7, 11) is 2.14. The SMILES string of the molecule is CN(Cc1ccccc1)c1c(Br)ccc2ccccc12. The molecule has 1 nitrogen and oxygen atoms in total. The molecule has 3 aromatic carbocycles. The number of nitrogens with zero attached hydrogens (tertiary/aromatic N) is 1. The fraction of sp³-hybridized carbons (Fsp3) is 0.111. The molecule has 0 aromatic heterocycles. The van der Waals surface area contributed by atoms with E-state index < -0.39 is 0 Å². The minimum absolute atomic E-state index is 0.896. The lowest BCUT2D eigenvalue weighted by Gasteiger charge is -2.23. The number of hydrogen-bond donors (Lipinski definition) is 0. The average Bonchev–Trinajstić information content (AvgIpc) is 2.48. The third-order valence-corrected chi connectivity index (χ3v) is 4.14. The van der Waals surface area contributed by atoms with E-state index in [4.69, 9.17) is 0 Å². The summed E-state index contributed by atoms with van der Waals surface area (Å²) >= 11 is 3.69. The van der Waals surface area contributed by atoms with Gasteiger partial charge in [0.15, 0.2) is 0 Å². The van der Waals surface area contributed by atoms with Crippen LogP contribution in [0.3, 0.4) is 0 Å². The van der Waals surface area contributed by atoms with Gasteiger partial charge in [-0.1, -0.05) is 60.7 Å². The molecule has 0 heterocycles. The molecule has 0 amide bonds. The highest BCUT2D eigenvalue weighted by molar-refractivity contribution is 9.10. The van der Waals surface area contributed by atoms with Crippen molar-refractivity contribution in [2.24, 2.45) is 0 Å². The van der Waals surface area contributed by atoms with Crippen molar-refractivity contribution in [3.63, 3.8) is 0 Å². The number of benzene rings is 3. The van der Waals surface area contributed by atoms with Crippen LogP contribution < -0.4 is 4.90 Å². The highest BCUT2D eigenvalue weighted by Crippen LogP contribution is 2.34. The van der Waals surface area contributed by atoms with Gasteiger partial charge in [0.1, 0.15) is 0 Å². The molecule has 20 heavy (non-hydrogen) atoms. The average molecular weight is 326 g/mol. The lowest BCUT2D eigenvalue weighted by molar-refractivity contribution is 0.925. The van der Waals surface area contributed by atoms with Crippen molar-refractivity contribution in [3.8, 4) is 0 Å². The van der Waals surface area contributed by atoms with Crippen LogP contribution in [0.4, 0.5) is 5.69 Å². The van der Waals surface area contributed by atoms with Crippen molar-refractivity contribution in [2.45, 2.75) is 6.54 Å². The Bertz CT molecular complexity index is 722. The van der Waals surface area contributed by atoms with Gasteiger partial charge in [0.25, 0.3) is 0 Å². The minimum Gasteiger partial charge on any atom is -0.369 e. The zero-order valence-corrected chi connectivity index (χ0v) is 13.0. The van der Waals surface area contributed by atoms with Gasteiger partial charge in [-0.05, 0) is 32.9 Å². The van der Waals surface area contributed by atoms with E-state index in [-0.39, 0.29) is 0 Å². The molecule has 2 heteroatoms. The quantitative estimate of drug-likeness (QED) is 0.636. The topological polar surface area (TPSA) is 3.24 Å². The zero-order valence-electron chi connectivity index (χ0n) is 11.4. The first-order chi connectivity index (χ1) is 9.75. The minimum atomic E-state index is 0.896. The maximum atomic E-state index is 3.69. The first kappa shape index (κ1) is 13.2. The molecule has 3 aromatic rings. The van der Waals surface area contributed by atoms with Crippen molar-refractivity contribution >= 4 is 32.4 Å². The Kier molecular flexibility index (Phi) is 3.75. The van der Waals surface area contributed by atoms with Crippen LogP contribution in [-0.2, 0) is 6.54 Å². The van der Waals surface area contributed by atoms with E-state index in [9.17, 15) is 0 Å². The van der Waals surface area contributed by atoms with Crippen LogP contribution in [0.5, 0.6) is 0 Å². The van der Waals surface area contributed by atoms with E-state index in [0.717, 1.165) is 11.0 Å². The summed E-state index contributed by atoms with van der Waals surface area (Å²) in [5.74, 6) is 0. The molecule has 0 saturated carbocycles. The standard InChI is InChI=1S/C18H16BrN/c1-20(13-14-7-3-2-4-8-14)18-16-10-6-5-9-15(16)11-12-17(18)19/h2-12H,13H2,1H3. The van der Waals surface area contributed by atoms with Gasteiger partial charge >= 0.3 is 0 Å². The Labute approximate surface area is 128 Å². The predicted octanol–water partition coefficient (Wildman–Crippen LogP) is 5.24. The van der Waals surface area contributed by atoms with Gasteiger partial charge in [-0.3, -0.25) is 0 Å². The molecule has 0 spiro atoms. The van der Waals surface area contributed by atoms with Crippen LogP contribution in [0.1, 0.15) is 5.56 Å². The molecule has 0 atom stereocenters. The fourth-order valence-corrected chi connectivity index (χ4v) is 3.20. The van der Waals surface area contributed by atoms with Gasteiger partial charge in [-0.25, -0.2) is 0 Å². The van der Waals surface area contributed by atoms with E-state index in [0.29, 0.717) is 0 Å². The van der Waals surface area contributed by atoms with Crippen molar-refractivity contribution in [3.05, 3.63) is 76.8 Å². The molecular formula is C18H16BrN. The van der Waals surface area contributed by atoms with Crippen molar-refractivity contribution < 1.29 is 0 Å². The van der Waals surface area contributed by atoms with Crippen LogP contribution in [0, 0.1) is 0 Å². The first-order valence-corrected chi connectivity index (χ1v) is 7.47. The third kappa shape index (κ3) is 2.56. The Morgan fingerprint density at radius 2 is 1.55 bits per heavy atom. The van der Waals surface area contributed by atoms with Crippen LogP contribution in [0.15, 0.2) is 71.2 Å². The summed E-state index contributed by atoms with van der Waals surface area (Å²) in [6.07, 6.45) is 0. The van der Waals surface area contributed by atoms with Crippen LogP contribution in [-0.4, -0.2) is 7.05 Å². The van der Waals surface area contributed by atoms with Gasteiger partial charge in [0, 0.05) is 23.5 Å². The van der Waals surface area contributed by atoms with Gasteiger partial charge in [0.05, 0.1) is 5.69 Å². The first-order valence-electron chi connectivity index (χ1n) is 6.68. The number of halogens is 1. The summed E-state index contributed by atoms with van der Waals surface area (Å²) in [4.78, 5) is 2.29. The molecule has 0 aliphatic rings. The summed E-state index contributed by atoms with van der Waals surface area (Å²) in [5.41, 5.74) is 2.56. The molecule has 0 aliphatic heterocycles. The number of fused-ring (bicyclic) bond motifs is 1. The number of anilines is 1. The second-order valence-corrected chi connectivity index (χ2v) is 5.81. The molecule has 0 N–H and O–H groups in total. The maximum Gasteiger partial charge on any atom is 0.0590 e. The van der Waals surface area contributed by atoms with E-state index >= 15 is 0 Å². The summed E-state index contributed by atoms with van der Waals surface area (Å²) in [6.45, 7) is 0.896. The second kappa shape index (κ2) is 5.68. The van der Waals surface area contributed by atoms with E-state index in [1.54, 1.807) is 0 Å². The summed E-state index contributed by atoms with van der Waals surface area (Å²) < 4.78 is 1.13. The fourth-order valence-electron chi connectivity index (χ4n) is 2.55. The lowest BCUT2D eigenvalue weighted by Crippen LogP contribution is -2.17. The maximum absolute atomic E-state index is 3.69. The lowest BCUT2D eigenvalue weighted by atomic mass is 10.1. The van der Waals surface area contributed by atoms with Crippen molar-refractivity contribution in [1.82, 2.24) is 0 Å². The van der Waals surface area contributed by atoms with Gasteiger partial charge < -0.3 is 4.90 Å². The Hall–Kier alpha value is -1.80. The number of rotatable bonds is 3. The van der Waals surface area contributed by atoms with Gasteiger partial charge in [0.2, 0.25) is 0 Å². The van der Waals surface area contributed by atoms with Gasteiger partial charge in [-0.15, -0.1) is 0 Å². The van der Waals surface area contributed by atoms with E-state index in [1.807, 2.05) is 0 Å². The van der Waals surface area contributed by atoms with Gasteiger partial charge in [-0.2, -0.15) is 0 Å². The predicted molar refractivity (Wildman–Crippen MR) is 90.2 cm³/mol. The zero-order chi connectivity index (χ0) is 13.9. The molecule has 0 saturated heterocycles. The Morgan fingerprint density at radius 1 is 0.850 bits per heavy atom. The van der Waals surface area contributed by atoms with Crippen molar-refractivity contribution in [2.75, 3.05) is 11.9 Å². The van der Waals surface area contributed by atoms with E-state index in [1.165, 1.54) is 22.0 Å². The smallest absolute Gasteiger partial charge is 0.0590 e. The molecule has 0 radical (unpaired) electrons. The summed E-state index contributed by atoms with van der Waals surface area (Å²) in [6, 6.07) is 23.3. The highest BCUT2D eigenvalue weighted by atomic mass is 79.9. The van der Waals surface area contributed by atoms with Crippen LogP contribution in [0.25, 0.3) is 10.8 Å². The molecule has 3 rings (SSSR count). The monoisotopic (exact) mass is 325 g/mol. The van der Waals surface area contributed by atoms with Crippen LogP contribution in [0.2, 0.25) is 0 Å². The van der Waals surface area contributed by atoms with Crippen LogP contribution >= 0.6 is 15.9 Å². The molecule has 0 fully saturated rings. The molecule has 0 bridgehead atoms. The largest absolute Gasteiger partial charge is 0.369 e. The molecule has 0 aliphatic carbocycles. The van der Waals surface area contributed by atoms with Crippen molar-refractivity contribution in [1.29, 1.82) is 0 Å². The Balaban J connectivity index is 2.03. The second-order valence-electron chi connectivity index (χ2n) is 4.96. The number of hydrogen-bond acceptors (Lipinski definition) is 1. The normalized spacial score (nSPS) is 10.7. The highest BCUT2D eigenvalue weighted by Gasteiger charge is 2.10. The summed E-state index contributed by atoms with van der Waals surface area (Å²) in [5, 5.41) is 2.55.